The predicted octanol–water partition coefficient (Wildman–Crippen LogP) is -0.102. The molecule has 0 aromatic heterocycles. The lowest BCUT2D eigenvalue weighted by atomic mass is 10.3. The van der Waals surface area contributed by atoms with Crippen LogP contribution in [0, 0.1) is 0 Å². The van der Waals surface area contributed by atoms with Gasteiger partial charge < -0.3 is 5.11 Å². The summed E-state index contributed by atoms with van der Waals surface area (Å²) in [6.07, 6.45) is 0.751. The normalized spacial score (nSPS) is 34.3. The lowest BCUT2D eigenvalue weighted by Crippen LogP contribution is -2.10. The first-order chi connectivity index (χ1) is 3.29. The number of β-amino-alcohol motifs (C(OH)–C–C–N with tert-alkyl or cyclic N) is 1. The van der Waals surface area contributed by atoms with E-state index < -0.39 is 0 Å². The average molecular weight is 119 g/mol. The maximum atomic E-state index is 8.81. The number of hydrogen-bond donors (Lipinski definition) is 2. The monoisotopic (exact) mass is 119 g/mol. The minimum atomic E-state index is -0.127. The predicted molar refractivity (Wildman–Crippen MR) is 31.2 cm³/mol. The van der Waals surface area contributed by atoms with Gasteiger partial charge in [-0.15, -0.1) is 0 Å². The van der Waals surface area contributed by atoms with E-state index in [1.807, 2.05) is 4.31 Å². The maximum absolute atomic E-state index is 8.81. The van der Waals surface area contributed by atoms with Crippen LogP contribution in [0.3, 0.4) is 0 Å². The molecule has 0 bridgehead atoms. The molecule has 1 fully saturated rings. The summed E-state index contributed by atoms with van der Waals surface area (Å²) in [4.78, 5) is 0. The molecule has 7 heavy (non-hydrogen) atoms. The first kappa shape index (κ1) is 5.41. The standard InChI is InChI=1S/C4H9NOS/c6-4-1-2-5(7)3-4/h4,6-7H,1-3H2. The minimum absolute atomic E-state index is 0.127. The van der Waals surface area contributed by atoms with Crippen LogP contribution in [0.5, 0.6) is 0 Å². The molecular weight excluding hydrogens is 110 g/mol. The highest BCUT2D eigenvalue weighted by Gasteiger charge is 2.16. The van der Waals surface area contributed by atoms with Crippen molar-refractivity contribution in [1.82, 2.24) is 4.31 Å². The molecule has 1 N–H and O–H groups in total. The topological polar surface area (TPSA) is 23.5 Å². The average Bonchev–Trinajstić information content (AvgIpc) is 1.87. The Kier molecular flexibility index (Phi) is 1.57. The van der Waals surface area contributed by atoms with Gasteiger partial charge in [-0.05, 0) is 6.42 Å². The van der Waals surface area contributed by atoms with Gasteiger partial charge in [0.1, 0.15) is 0 Å². The van der Waals surface area contributed by atoms with Gasteiger partial charge in [0.25, 0.3) is 0 Å². The summed E-state index contributed by atoms with van der Waals surface area (Å²) >= 11 is 4.03. The number of aliphatic hydroxyl groups excluding tert-OH is 1. The fraction of sp³-hybridized carbons (Fsp3) is 1.00. The fourth-order valence-corrected chi connectivity index (χ4v) is 1.03. The smallest absolute Gasteiger partial charge is 0.0689 e. The Morgan fingerprint density at radius 3 is 2.57 bits per heavy atom. The molecule has 3 heteroatoms. The van der Waals surface area contributed by atoms with Gasteiger partial charge in [-0.25, -0.2) is 0 Å². The second-order valence-electron chi connectivity index (χ2n) is 1.86. The Morgan fingerprint density at radius 2 is 2.43 bits per heavy atom. The highest BCUT2D eigenvalue weighted by Crippen LogP contribution is 2.09. The second kappa shape index (κ2) is 2.03. The van der Waals surface area contributed by atoms with E-state index in [2.05, 4.69) is 12.8 Å². The largest absolute Gasteiger partial charge is 0.392 e. The summed E-state index contributed by atoms with van der Waals surface area (Å²) in [5.74, 6) is 0. The summed E-state index contributed by atoms with van der Waals surface area (Å²) in [7, 11) is 0. The van der Waals surface area contributed by atoms with Crippen LogP contribution in [0.15, 0.2) is 0 Å². The molecule has 42 valence electrons. The summed E-state index contributed by atoms with van der Waals surface area (Å²) in [5, 5.41) is 8.81. The van der Waals surface area contributed by atoms with Crippen LogP contribution in [0.2, 0.25) is 0 Å². The van der Waals surface area contributed by atoms with E-state index in [4.69, 9.17) is 5.11 Å². The van der Waals surface area contributed by atoms with Crippen molar-refractivity contribution in [3.63, 3.8) is 0 Å². The van der Waals surface area contributed by atoms with Crippen molar-refractivity contribution in [3.8, 4) is 0 Å². The van der Waals surface area contributed by atoms with E-state index >= 15 is 0 Å². The summed E-state index contributed by atoms with van der Waals surface area (Å²) in [6.45, 7) is 1.65. The van der Waals surface area contributed by atoms with Crippen molar-refractivity contribution in [2.45, 2.75) is 12.5 Å². The quantitative estimate of drug-likeness (QED) is 0.435. The van der Waals surface area contributed by atoms with E-state index in [0.717, 1.165) is 19.5 Å². The van der Waals surface area contributed by atoms with Gasteiger partial charge in [0, 0.05) is 13.1 Å². The van der Waals surface area contributed by atoms with Gasteiger partial charge >= 0.3 is 0 Å². The third-order valence-corrected chi connectivity index (χ3v) is 1.51. The van der Waals surface area contributed by atoms with Gasteiger partial charge in [-0.2, -0.15) is 0 Å². The third kappa shape index (κ3) is 1.33. The molecule has 1 aliphatic rings. The minimum Gasteiger partial charge on any atom is -0.392 e. The van der Waals surface area contributed by atoms with Crippen molar-refractivity contribution in [2.24, 2.45) is 0 Å². The number of rotatable bonds is 0. The van der Waals surface area contributed by atoms with Crippen LogP contribution in [0.4, 0.5) is 0 Å². The SMILES string of the molecule is OC1CCN(S)C1. The van der Waals surface area contributed by atoms with Crippen molar-refractivity contribution >= 4 is 12.8 Å². The van der Waals surface area contributed by atoms with Gasteiger partial charge in [0.2, 0.25) is 0 Å². The first-order valence-corrected chi connectivity index (χ1v) is 2.81. The van der Waals surface area contributed by atoms with E-state index in [1.54, 1.807) is 0 Å². The third-order valence-electron chi connectivity index (χ3n) is 1.14. The lowest BCUT2D eigenvalue weighted by Gasteiger charge is -2.01. The molecule has 1 aliphatic heterocycles. The molecule has 0 amide bonds. The zero-order valence-corrected chi connectivity index (χ0v) is 4.93. The lowest BCUT2D eigenvalue weighted by molar-refractivity contribution is 0.191. The fourth-order valence-electron chi connectivity index (χ4n) is 0.724. The number of nitrogens with zero attached hydrogens (tertiary/aromatic N) is 1. The molecule has 0 aliphatic carbocycles. The Labute approximate surface area is 48.7 Å². The van der Waals surface area contributed by atoms with Crippen molar-refractivity contribution < 1.29 is 5.11 Å². The zero-order chi connectivity index (χ0) is 5.28. The van der Waals surface area contributed by atoms with Crippen molar-refractivity contribution in [2.75, 3.05) is 13.1 Å². The number of aliphatic hydroxyl groups is 1. The van der Waals surface area contributed by atoms with Crippen LogP contribution >= 0.6 is 12.8 Å². The molecular formula is C4H9NOS. The Balaban J connectivity index is 2.26. The molecule has 0 aromatic rings. The first-order valence-electron chi connectivity index (χ1n) is 2.41. The van der Waals surface area contributed by atoms with Gasteiger partial charge in [-0.1, -0.05) is 12.8 Å². The molecule has 1 heterocycles. The van der Waals surface area contributed by atoms with Crippen molar-refractivity contribution in [1.29, 1.82) is 0 Å². The second-order valence-corrected chi connectivity index (χ2v) is 2.42. The molecule has 0 spiro atoms. The zero-order valence-electron chi connectivity index (χ0n) is 4.04. The highest BCUT2D eigenvalue weighted by molar-refractivity contribution is 7.77. The molecule has 0 radical (unpaired) electrons. The van der Waals surface area contributed by atoms with Crippen LogP contribution in [-0.2, 0) is 0 Å². The molecule has 1 rings (SSSR count). The van der Waals surface area contributed by atoms with E-state index in [0.29, 0.717) is 0 Å². The maximum Gasteiger partial charge on any atom is 0.0689 e. The number of hydrogen-bond acceptors (Lipinski definition) is 3. The Bertz CT molecular complexity index is 60.7. The van der Waals surface area contributed by atoms with E-state index in [-0.39, 0.29) is 6.10 Å². The van der Waals surface area contributed by atoms with Crippen LogP contribution in [0.1, 0.15) is 6.42 Å². The molecule has 2 nitrogen and oxygen atoms in total. The molecule has 0 aromatic carbocycles. The molecule has 0 saturated carbocycles. The van der Waals surface area contributed by atoms with Crippen molar-refractivity contribution in [3.05, 3.63) is 0 Å². The highest BCUT2D eigenvalue weighted by atomic mass is 32.1. The summed E-state index contributed by atoms with van der Waals surface area (Å²) in [5.41, 5.74) is 0. The van der Waals surface area contributed by atoms with Gasteiger partial charge in [-0.3, -0.25) is 4.31 Å². The van der Waals surface area contributed by atoms with Gasteiger partial charge in [0.05, 0.1) is 6.10 Å². The molecule has 1 unspecified atom stereocenters. The number of thiol groups is 1. The Hall–Kier alpha value is 0.270. The van der Waals surface area contributed by atoms with Crippen LogP contribution in [0.25, 0.3) is 0 Å². The van der Waals surface area contributed by atoms with Gasteiger partial charge in [0.15, 0.2) is 0 Å². The van der Waals surface area contributed by atoms with Crippen LogP contribution < -0.4 is 0 Å². The van der Waals surface area contributed by atoms with E-state index in [9.17, 15) is 0 Å². The van der Waals surface area contributed by atoms with E-state index in [1.165, 1.54) is 0 Å². The molecule has 1 saturated heterocycles. The molecule has 1 atom stereocenters. The summed E-state index contributed by atoms with van der Waals surface area (Å²) in [6, 6.07) is 0. The van der Waals surface area contributed by atoms with Crippen LogP contribution in [-0.4, -0.2) is 28.6 Å². The Morgan fingerprint density at radius 1 is 1.71 bits per heavy atom. The summed E-state index contributed by atoms with van der Waals surface area (Å²) < 4.78 is 1.82.